The fourth-order valence-corrected chi connectivity index (χ4v) is 2.56. The molecule has 1 aromatic rings. The largest absolute Gasteiger partial charge is 0.496 e. The summed E-state index contributed by atoms with van der Waals surface area (Å²) in [4.78, 5) is 0. The number of aryl methyl sites for hydroxylation is 1. The molecule has 1 aliphatic rings. The molecule has 2 N–H and O–H groups in total. The van der Waals surface area contributed by atoms with Crippen LogP contribution in [0.5, 0.6) is 5.75 Å². The van der Waals surface area contributed by atoms with E-state index in [0.29, 0.717) is 11.3 Å². The molecule has 1 saturated carbocycles. The van der Waals surface area contributed by atoms with E-state index in [9.17, 15) is 0 Å². The monoisotopic (exact) mass is 247 g/mol. The van der Waals surface area contributed by atoms with Crippen molar-refractivity contribution in [2.24, 2.45) is 11.1 Å². The van der Waals surface area contributed by atoms with E-state index in [0.717, 1.165) is 5.75 Å². The third-order valence-corrected chi connectivity index (χ3v) is 4.36. The Hall–Kier alpha value is -1.02. The molecule has 1 aromatic carbocycles. The van der Waals surface area contributed by atoms with Gasteiger partial charge in [-0.25, -0.2) is 0 Å². The molecule has 0 saturated heterocycles. The highest BCUT2D eigenvalue weighted by Gasteiger charge is 2.44. The minimum atomic E-state index is 0.154. The second-order valence-electron chi connectivity index (χ2n) is 6.24. The van der Waals surface area contributed by atoms with Crippen molar-refractivity contribution in [1.29, 1.82) is 0 Å². The first-order valence-electron chi connectivity index (χ1n) is 6.83. The summed E-state index contributed by atoms with van der Waals surface area (Å²) in [5.74, 6) is 1.44. The summed E-state index contributed by atoms with van der Waals surface area (Å²) in [7, 11) is 1.74. The lowest BCUT2D eigenvalue weighted by atomic mass is 9.87. The van der Waals surface area contributed by atoms with E-state index in [1.54, 1.807) is 7.11 Å². The average Bonchev–Trinajstić information content (AvgIpc) is 3.07. The molecule has 0 heterocycles. The number of nitrogens with two attached hydrogens (primary N) is 1. The molecule has 18 heavy (non-hydrogen) atoms. The molecule has 2 heteroatoms. The van der Waals surface area contributed by atoms with E-state index in [-0.39, 0.29) is 6.04 Å². The predicted molar refractivity (Wildman–Crippen MR) is 76.1 cm³/mol. The van der Waals surface area contributed by atoms with Gasteiger partial charge in [-0.2, -0.15) is 0 Å². The van der Waals surface area contributed by atoms with Crippen LogP contribution in [0.25, 0.3) is 0 Å². The third-order valence-electron chi connectivity index (χ3n) is 4.36. The molecule has 0 amide bonds. The van der Waals surface area contributed by atoms with E-state index in [1.807, 2.05) is 0 Å². The summed E-state index contributed by atoms with van der Waals surface area (Å²) in [5.41, 5.74) is 10.6. The Morgan fingerprint density at radius 3 is 2.28 bits per heavy atom. The quantitative estimate of drug-likeness (QED) is 0.875. The third kappa shape index (κ3) is 2.26. The van der Waals surface area contributed by atoms with Gasteiger partial charge in [0.05, 0.1) is 7.11 Å². The second kappa shape index (κ2) is 4.58. The number of hydrogen-bond acceptors (Lipinski definition) is 2. The van der Waals surface area contributed by atoms with Crippen LogP contribution in [-0.4, -0.2) is 7.11 Å². The molecular weight excluding hydrogens is 222 g/mol. The number of ether oxygens (including phenoxy) is 1. The molecule has 100 valence electrons. The number of rotatable bonds is 4. The van der Waals surface area contributed by atoms with E-state index >= 15 is 0 Å². The smallest absolute Gasteiger partial charge is 0.122 e. The number of benzene rings is 1. The van der Waals surface area contributed by atoms with E-state index in [4.69, 9.17) is 10.5 Å². The summed E-state index contributed by atoms with van der Waals surface area (Å²) in [6.45, 7) is 8.81. The van der Waals surface area contributed by atoms with Crippen molar-refractivity contribution < 1.29 is 4.74 Å². The Bertz CT molecular complexity index is 447. The molecule has 1 atom stereocenters. The van der Waals surface area contributed by atoms with Gasteiger partial charge >= 0.3 is 0 Å². The summed E-state index contributed by atoms with van der Waals surface area (Å²) < 4.78 is 5.48. The molecule has 0 aliphatic heterocycles. The van der Waals surface area contributed by atoms with Gasteiger partial charge in [0, 0.05) is 6.04 Å². The van der Waals surface area contributed by atoms with Crippen LogP contribution in [0.2, 0.25) is 0 Å². The summed E-state index contributed by atoms with van der Waals surface area (Å²) in [6, 6.07) is 4.55. The molecule has 0 aromatic heterocycles. The van der Waals surface area contributed by atoms with Crippen molar-refractivity contribution in [2.45, 2.75) is 52.5 Å². The standard InChI is InChI=1S/C16H25NO/c1-10(2)12-9-13(11(3)8-14(12)18-5)15(17)16(4)6-7-16/h8-10,15H,6-7,17H2,1-5H3. The molecule has 0 radical (unpaired) electrons. The lowest BCUT2D eigenvalue weighted by Gasteiger charge is -2.24. The zero-order valence-electron chi connectivity index (χ0n) is 12.2. The lowest BCUT2D eigenvalue weighted by molar-refractivity contribution is 0.405. The Kier molecular flexibility index (Phi) is 3.41. The zero-order chi connectivity index (χ0) is 13.5. The molecule has 1 fully saturated rings. The van der Waals surface area contributed by atoms with Crippen molar-refractivity contribution in [1.82, 2.24) is 0 Å². The van der Waals surface area contributed by atoms with Crippen LogP contribution in [0.1, 0.15) is 62.3 Å². The maximum absolute atomic E-state index is 6.46. The van der Waals surface area contributed by atoms with Gasteiger partial charge in [-0.15, -0.1) is 0 Å². The Balaban J connectivity index is 2.44. The van der Waals surface area contributed by atoms with E-state index < -0.39 is 0 Å². The fraction of sp³-hybridized carbons (Fsp3) is 0.625. The van der Waals surface area contributed by atoms with Crippen LogP contribution in [-0.2, 0) is 0 Å². The van der Waals surface area contributed by atoms with Crippen molar-refractivity contribution in [3.8, 4) is 5.75 Å². The topological polar surface area (TPSA) is 35.2 Å². The Morgan fingerprint density at radius 1 is 1.22 bits per heavy atom. The molecule has 0 spiro atoms. The van der Waals surface area contributed by atoms with Gasteiger partial charge in [-0.05, 0) is 53.9 Å². The van der Waals surface area contributed by atoms with Crippen LogP contribution >= 0.6 is 0 Å². The van der Waals surface area contributed by atoms with Crippen molar-refractivity contribution >= 4 is 0 Å². The van der Waals surface area contributed by atoms with Gasteiger partial charge in [0.1, 0.15) is 5.75 Å². The van der Waals surface area contributed by atoms with E-state index in [2.05, 4.69) is 39.8 Å². The predicted octanol–water partition coefficient (Wildman–Crippen LogP) is 3.93. The SMILES string of the molecule is COc1cc(C)c(C(N)C2(C)CC2)cc1C(C)C. The van der Waals surface area contributed by atoms with Gasteiger partial charge in [0.2, 0.25) is 0 Å². The molecule has 1 aliphatic carbocycles. The highest BCUT2D eigenvalue weighted by molar-refractivity contribution is 5.45. The van der Waals surface area contributed by atoms with Crippen molar-refractivity contribution in [3.63, 3.8) is 0 Å². The van der Waals surface area contributed by atoms with Crippen LogP contribution < -0.4 is 10.5 Å². The first-order chi connectivity index (χ1) is 8.39. The summed E-state index contributed by atoms with van der Waals surface area (Å²) >= 11 is 0. The Morgan fingerprint density at radius 2 is 1.83 bits per heavy atom. The zero-order valence-corrected chi connectivity index (χ0v) is 12.2. The van der Waals surface area contributed by atoms with Gasteiger partial charge in [-0.3, -0.25) is 0 Å². The minimum Gasteiger partial charge on any atom is -0.496 e. The van der Waals surface area contributed by atoms with E-state index in [1.165, 1.54) is 29.5 Å². The first kappa shape index (κ1) is 13.4. The highest BCUT2D eigenvalue weighted by Crippen LogP contribution is 2.54. The highest BCUT2D eigenvalue weighted by atomic mass is 16.5. The first-order valence-corrected chi connectivity index (χ1v) is 6.83. The molecule has 2 nitrogen and oxygen atoms in total. The number of methoxy groups -OCH3 is 1. The lowest BCUT2D eigenvalue weighted by Crippen LogP contribution is -2.21. The maximum atomic E-state index is 6.46. The minimum absolute atomic E-state index is 0.154. The molecule has 2 rings (SSSR count). The fourth-order valence-electron chi connectivity index (χ4n) is 2.56. The molecular formula is C16H25NO. The van der Waals surface area contributed by atoms with Gasteiger partial charge in [-0.1, -0.05) is 26.8 Å². The van der Waals surface area contributed by atoms with Crippen molar-refractivity contribution in [3.05, 3.63) is 28.8 Å². The summed E-state index contributed by atoms with van der Waals surface area (Å²) in [6.07, 6.45) is 2.49. The van der Waals surface area contributed by atoms with Crippen LogP contribution in [0, 0.1) is 12.3 Å². The summed E-state index contributed by atoms with van der Waals surface area (Å²) in [5, 5.41) is 0. The van der Waals surface area contributed by atoms with Crippen LogP contribution in [0.4, 0.5) is 0 Å². The average molecular weight is 247 g/mol. The molecule has 0 bridgehead atoms. The van der Waals surface area contributed by atoms with Crippen molar-refractivity contribution in [2.75, 3.05) is 7.11 Å². The number of hydrogen-bond donors (Lipinski definition) is 1. The van der Waals surface area contributed by atoms with Crippen LogP contribution in [0.15, 0.2) is 12.1 Å². The maximum Gasteiger partial charge on any atom is 0.122 e. The Labute approximate surface area is 111 Å². The normalized spacial score (nSPS) is 18.8. The second-order valence-corrected chi connectivity index (χ2v) is 6.24. The van der Waals surface area contributed by atoms with Gasteiger partial charge < -0.3 is 10.5 Å². The van der Waals surface area contributed by atoms with Gasteiger partial charge in [0.15, 0.2) is 0 Å². The van der Waals surface area contributed by atoms with Gasteiger partial charge in [0.25, 0.3) is 0 Å². The van der Waals surface area contributed by atoms with Crippen LogP contribution in [0.3, 0.4) is 0 Å². The molecule has 1 unspecified atom stereocenters.